The van der Waals surface area contributed by atoms with Gasteiger partial charge in [-0.2, -0.15) is 0 Å². The fourth-order valence-corrected chi connectivity index (χ4v) is 26.4. The van der Waals surface area contributed by atoms with Crippen LogP contribution in [0.15, 0.2) is 24.3 Å². The van der Waals surface area contributed by atoms with Gasteiger partial charge >= 0.3 is 182 Å². The summed E-state index contributed by atoms with van der Waals surface area (Å²) in [5, 5.41) is 0. The van der Waals surface area contributed by atoms with E-state index in [0.29, 0.717) is 11.3 Å². The summed E-state index contributed by atoms with van der Waals surface area (Å²) >= 11 is -3.25. The van der Waals surface area contributed by atoms with Crippen LogP contribution in [0, 0.1) is 0 Å². The molecule has 0 atom stereocenters. The van der Waals surface area contributed by atoms with Crippen molar-refractivity contribution in [3.8, 4) is 0 Å². The Kier molecular flexibility index (Phi) is 7.47. The Morgan fingerprint density at radius 1 is 0.690 bits per heavy atom. The molecule has 0 spiro atoms. The summed E-state index contributed by atoms with van der Waals surface area (Å²) in [4.78, 5) is 13.5. The molecule has 0 heterocycles. The van der Waals surface area contributed by atoms with Crippen molar-refractivity contribution in [1.82, 2.24) is 0 Å². The van der Waals surface area contributed by atoms with Crippen LogP contribution in [0.2, 0.25) is 11.8 Å². The van der Waals surface area contributed by atoms with Crippen LogP contribution in [-0.2, 0) is 3.07 Å². The quantitative estimate of drug-likeness (QED) is 0.337. The molecule has 3 saturated carbocycles. The van der Waals surface area contributed by atoms with Crippen LogP contribution < -0.4 is 5.73 Å². The summed E-state index contributed by atoms with van der Waals surface area (Å²) in [6.45, 7) is 0. The second kappa shape index (κ2) is 10.1. The van der Waals surface area contributed by atoms with E-state index >= 15 is 0 Å². The van der Waals surface area contributed by atoms with E-state index in [4.69, 9.17) is 8.81 Å². The Labute approximate surface area is 181 Å². The summed E-state index contributed by atoms with van der Waals surface area (Å²) in [6, 6.07) is 7.43. The third-order valence-electron chi connectivity index (χ3n) is 8.15. The van der Waals surface area contributed by atoms with Gasteiger partial charge in [0.2, 0.25) is 0 Å². The van der Waals surface area contributed by atoms with Gasteiger partial charge in [-0.3, -0.25) is 0 Å². The number of carbonyl (C=O) groups excluding carboxylic acids is 1. The average molecular weight is 504 g/mol. The first kappa shape index (κ1) is 21.5. The predicted molar refractivity (Wildman–Crippen MR) is 123 cm³/mol. The van der Waals surface area contributed by atoms with E-state index in [-0.39, 0.29) is 5.97 Å². The van der Waals surface area contributed by atoms with E-state index in [2.05, 4.69) is 0 Å². The zero-order valence-electron chi connectivity index (χ0n) is 18.0. The summed E-state index contributed by atoms with van der Waals surface area (Å²) in [6.07, 6.45) is 20.2. The van der Waals surface area contributed by atoms with Gasteiger partial charge in [-0.15, -0.1) is 0 Å². The zero-order chi connectivity index (χ0) is 20.1. The van der Waals surface area contributed by atoms with Gasteiger partial charge in [0.1, 0.15) is 0 Å². The van der Waals surface area contributed by atoms with Crippen LogP contribution in [0.25, 0.3) is 0 Å². The van der Waals surface area contributed by atoms with Gasteiger partial charge in [0.25, 0.3) is 0 Å². The molecule has 0 amide bonds. The molecular weight excluding hydrogens is 465 g/mol. The van der Waals surface area contributed by atoms with Gasteiger partial charge in [0.15, 0.2) is 0 Å². The molecule has 4 heteroatoms. The van der Waals surface area contributed by atoms with Crippen LogP contribution in [0.3, 0.4) is 0 Å². The minimum absolute atomic E-state index is 0.0254. The molecule has 0 saturated heterocycles. The molecule has 1 aromatic rings. The molecule has 1 aromatic carbocycles. The van der Waals surface area contributed by atoms with Crippen molar-refractivity contribution in [1.29, 1.82) is 0 Å². The Morgan fingerprint density at radius 2 is 1.07 bits per heavy atom. The third-order valence-corrected chi connectivity index (χ3v) is 25.6. The second-order valence-electron chi connectivity index (χ2n) is 9.87. The van der Waals surface area contributed by atoms with Crippen LogP contribution >= 0.6 is 0 Å². The van der Waals surface area contributed by atoms with E-state index in [1.165, 1.54) is 96.3 Å². The van der Waals surface area contributed by atoms with Crippen molar-refractivity contribution in [2.75, 3.05) is 5.73 Å². The fourth-order valence-electron chi connectivity index (χ4n) is 6.75. The molecule has 3 aliphatic carbocycles. The number of benzene rings is 1. The molecule has 3 aliphatic rings. The summed E-state index contributed by atoms with van der Waals surface area (Å²) in [5.74, 6) is -0.0254. The van der Waals surface area contributed by atoms with E-state index in [9.17, 15) is 4.79 Å². The zero-order valence-corrected chi connectivity index (χ0v) is 20.9. The van der Waals surface area contributed by atoms with E-state index in [1.54, 1.807) is 0 Å². The van der Waals surface area contributed by atoms with Gasteiger partial charge in [-0.25, -0.2) is 0 Å². The van der Waals surface area contributed by atoms with Crippen LogP contribution in [0.4, 0.5) is 5.69 Å². The Bertz CT molecular complexity index is 610. The van der Waals surface area contributed by atoms with Gasteiger partial charge < -0.3 is 0 Å². The molecule has 3 fully saturated rings. The van der Waals surface area contributed by atoms with Crippen molar-refractivity contribution in [2.45, 2.75) is 108 Å². The molecule has 0 aromatic heterocycles. The Morgan fingerprint density at radius 3 is 1.45 bits per heavy atom. The van der Waals surface area contributed by atoms with Crippen molar-refractivity contribution in [3.05, 3.63) is 29.8 Å². The SMILES string of the molecule is Nc1ccc(C(=O)[O][Sn]([CH]2CCCCC2)([CH]2CCCCC2)[CH]2CCCCC2)cc1. The molecule has 0 bridgehead atoms. The molecular formula is C25H39NO2Sn. The first-order chi connectivity index (χ1) is 14.2. The van der Waals surface area contributed by atoms with Gasteiger partial charge in [0.05, 0.1) is 0 Å². The number of carbonyl (C=O) groups is 1. The van der Waals surface area contributed by atoms with E-state index in [1.807, 2.05) is 24.3 Å². The third kappa shape index (κ3) is 4.80. The normalized spacial score (nSPS) is 23.0. The van der Waals surface area contributed by atoms with Gasteiger partial charge in [-0.1, -0.05) is 0 Å². The summed E-state index contributed by atoms with van der Waals surface area (Å²) in [5.41, 5.74) is 7.29. The number of hydrogen-bond acceptors (Lipinski definition) is 3. The molecule has 0 radical (unpaired) electrons. The molecule has 160 valence electrons. The number of rotatable bonds is 5. The van der Waals surface area contributed by atoms with Crippen molar-refractivity contribution in [3.63, 3.8) is 0 Å². The average Bonchev–Trinajstić information content (AvgIpc) is 2.79. The van der Waals surface area contributed by atoms with Crippen LogP contribution in [-0.4, -0.2) is 24.8 Å². The predicted octanol–water partition coefficient (Wildman–Crippen LogP) is 7.37. The standard InChI is InChI=1S/C7H7NO2.3C6H11.Sn/c8-6-3-1-5(2-4-6)7(9)10;3*1-2-4-6-5-3-1;/h1-4H,8H2,(H,9,10);3*1H,2-6H2;/q;;;;+1/p-1. The molecule has 4 rings (SSSR count). The Hall–Kier alpha value is -0.711. The van der Waals surface area contributed by atoms with Crippen molar-refractivity contribution in [2.24, 2.45) is 0 Å². The van der Waals surface area contributed by atoms with E-state index < -0.39 is 18.8 Å². The van der Waals surface area contributed by atoms with E-state index in [0.717, 1.165) is 11.8 Å². The minimum atomic E-state index is -3.25. The van der Waals surface area contributed by atoms with Gasteiger partial charge in [0, 0.05) is 0 Å². The second-order valence-corrected chi connectivity index (χ2v) is 22.3. The van der Waals surface area contributed by atoms with Gasteiger partial charge in [-0.05, 0) is 0 Å². The Balaban J connectivity index is 1.69. The summed E-state index contributed by atoms with van der Waals surface area (Å²) in [7, 11) is 0. The van der Waals surface area contributed by atoms with Crippen molar-refractivity contribution < 1.29 is 7.87 Å². The number of nitrogens with two attached hydrogens (primary N) is 1. The molecule has 2 N–H and O–H groups in total. The number of nitrogen functional groups attached to an aromatic ring is 1. The molecule has 0 unspecified atom stereocenters. The summed E-state index contributed by atoms with van der Waals surface area (Å²) < 4.78 is 9.27. The van der Waals surface area contributed by atoms with Crippen molar-refractivity contribution >= 4 is 30.4 Å². The number of hydrogen-bond donors (Lipinski definition) is 1. The molecule has 0 aliphatic heterocycles. The fraction of sp³-hybridized carbons (Fsp3) is 0.720. The maximum atomic E-state index is 13.5. The topological polar surface area (TPSA) is 52.3 Å². The first-order valence-electron chi connectivity index (χ1n) is 12.3. The van der Waals surface area contributed by atoms with Crippen LogP contribution in [0.1, 0.15) is 107 Å². The maximum absolute atomic E-state index is 13.5. The molecule has 29 heavy (non-hydrogen) atoms. The van der Waals surface area contributed by atoms with Crippen LogP contribution in [0.5, 0.6) is 0 Å². The number of anilines is 1. The first-order valence-corrected chi connectivity index (χ1v) is 18.4. The molecule has 3 nitrogen and oxygen atoms in total. The monoisotopic (exact) mass is 505 g/mol.